The van der Waals surface area contributed by atoms with E-state index in [0.29, 0.717) is 117 Å². The third-order valence-corrected chi connectivity index (χ3v) is 7.65. The highest BCUT2D eigenvalue weighted by Gasteiger charge is 2.42. The van der Waals surface area contributed by atoms with Crippen LogP contribution in [0.3, 0.4) is 0 Å². The fourth-order valence-electron chi connectivity index (χ4n) is 4.13. The van der Waals surface area contributed by atoms with Gasteiger partial charge in [0.1, 0.15) is 0 Å². The standard InChI is InChI=1S/C26H50N4O9S/c27-5-7-33-9-11-35-13-15-37-17-19-39-20-18-38-16-14-36-12-10-34-8-6-28-24(31)4-2-1-3-23-25-22(21-40-23)29-26(32)30-25/h22-23,25H,1-21,27H2,(H,28,31)(H2,29,30,32)/t22-,23+,25+/m1/s1. The Morgan fingerprint density at radius 3 is 1.77 bits per heavy atom. The third kappa shape index (κ3) is 17.6. The Hall–Kier alpha value is -1.23. The number of fused-ring (bicyclic) bond motifs is 1. The first kappa shape index (κ1) is 35.0. The molecule has 14 heteroatoms. The van der Waals surface area contributed by atoms with Gasteiger partial charge in [-0.2, -0.15) is 11.8 Å². The van der Waals surface area contributed by atoms with Crippen LogP contribution < -0.4 is 21.7 Å². The van der Waals surface area contributed by atoms with Gasteiger partial charge in [0.15, 0.2) is 0 Å². The zero-order chi connectivity index (χ0) is 28.5. The summed E-state index contributed by atoms with van der Waals surface area (Å²) in [6.07, 6.45) is 3.36. The lowest BCUT2D eigenvalue weighted by Crippen LogP contribution is -2.36. The molecule has 2 heterocycles. The van der Waals surface area contributed by atoms with E-state index in [1.165, 1.54) is 0 Å². The SMILES string of the molecule is NCCOCCOCCOCCOCCOCCOCCOCCNC(=O)CCCC[C@@H]1SC[C@H]2NC(=O)N[C@H]12. The van der Waals surface area contributed by atoms with E-state index >= 15 is 0 Å². The van der Waals surface area contributed by atoms with Gasteiger partial charge in [-0.25, -0.2) is 4.79 Å². The Morgan fingerprint density at radius 1 is 0.750 bits per heavy atom. The van der Waals surface area contributed by atoms with Crippen molar-refractivity contribution in [2.45, 2.75) is 43.0 Å². The molecule has 0 radical (unpaired) electrons. The zero-order valence-electron chi connectivity index (χ0n) is 23.7. The van der Waals surface area contributed by atoms with E-state index in [9.17, 15) is 9.59 Å². The minimum atomic E-state index is -0.0573. The first-order valence-corrected chi connectivity index (χ1v) is 15.4. The van der Waals surface area contributed by atoms with E-state index < -0.39 is 0 Å². The molecule has 0 aromatic rings. The van der Waals surface area contributed by atoms with Crippen molar-refractivity contribution in [1.82, 2.24) is 16.0 Å². The predicted molar refractivity (Wildman–Crippen MR) is 152 cm³/mol. The van der Waals surface area contributed by atoms with Gasteiger partial charge in [-0.05, 0) is 12.8 Å². The molecule has 2 fully saturated rings. The summed E-state index contributed by atoms with van der Waals surface area (Å²) < 4.78 is 37.8. The van der Waals surface area contributed by atoms with Gasteiger partial charge < -0.3 is 54.8 Å². The van der Waals surface area contributed by atoms with Crippen molar-refractivity contribution in [3.63, 3.8) is 0 Å². The normalized spacial score (nSPS) is 19.9. The Balaban J connectivity index is 1.21. The summed E-state index contributed by atoms with van der Waals surface area (Å²) in [5.41, 5.74) is 5.32. The molecule has 40 heavy (non-hydrogen) atoms. The van der Waals surface area contributed by atoms with E-state index in [1.54, 1.807) is 0 Å². The van der Waals surface area contributed by atoms with E-state index in [-0.39, 0.29) is 24.0 Å². The van der Waals surface area contributed by atoms with Crippen LogP contribution in [0.5, 0.6) is 0 Å². The fourth-order valence-corrected chi connectivity index (χ4v) is 5.67. The maximum atomic E-state index is 12.0. The molecular weight excluding hydrogens is 544 g/mol. The highest BCUT2D eigenvalue weighted by molar-refractivity contribution is 8.00. The topological polar surface area (TPSA) is 161 Å². The van der Waals surface area contributed by atoms with E-state index in [1.807, 2.05) is 11.8 Å². The van der Waals surface area contributed by atoms with Gasteiger partial charge in [0.05, 0.1) is 105 Å². The van der Waals surface area contributed by atoms with Gasteiger partial charge in [-0.1, -0.05) is 6.42 Å². The molecule has 2 rings (SSSR count). The quantitative estimate of drug-likeness (QED) is 0.0708. The Labute approximate surface area is 242 Å². The summed E-state index contributed by atoms with van der Waals surface area (Å²) in [6.45, 7) is 8.13. The van der Waals surface area contributed by atoms with Gasteiger partial charge in [0.25, 0.3) is 0 Å². The number of hydrogen-bond acceptors (Lipinski definition) is 11. The van der Waals surface area contributed by atoms with E-state index in [2.05, 4.69) is 16.0 Å². The minimum absolute atomic E-state index is 0.0483. The molecule has 0 bridgehead atoms. The van der Waals surface area contributed by atoms with Crippen LogP contribution in [-0.4, -0.2) is 141 Å². The maximum Gasteiger partial charge on any atom is 0.315 e. The lowest BCUT2D eigenvalue weighted by molar-refractivity contribution is -0.121. The molecule has 0 unspecified atom stereocenters. The van der Waals surface area contributed by atoms with Crippen LogP contribution in [0.1, 0.15) is 25.7 Å². The molecule has 234 valence electrons. The van der Waals surface area contributed by atoms with Crippen molar-refractivity contribution in [2.24, 2.45) is 5.73 Å². The second-order valence-electron chi connectivity index (χ2n) is 9.29. The average molecular weight is 595 g/mol. The number of rotatable bonds is 28. The van der Waals surface area contributed by atoms with Crippen LogP contribution >= 0.6 is 11.8 Å². The first-order chi connectivity index (χ1) is 19.7. The lowest BCUT2D eigenvalue weighted by atomic mass is 10.0. The maximum absolute atomic E-state index is 12.0. The molecule has 0 aromatic carbocycles. The smallest absolute Gasteiger partial charge is 0.315 e. The van der Waals surface area contributed by atoms with Crippen LogP contribution in [0, 0.1) is 0 Å². The molecule has 0 spiro atoms. The lowest BCUT2D eigenvalue weighted by Gasteiger charge is -2.16. The van der Waals surface area contributed by atoms with Crippen LogP contribution in [0.15, 0.2) is 0 Å². The number of ether oxygens (including phenoxy) is 7. The molecule has 0 aromatic heterocycles. The monoisotopic (exact) mass is 594 g/mol. The summed E-state index contributed by atoms with van der Waals surface area (Å²) in [4.78, 5) is 23.4. The van der Waals surface area contributed by atoms with Gasteiger partial charge in [0.2, 0.25) is 5.91 Å². The largest absolute Gasteiger partial charge is 0.378 e. The summed E-state index contributed by atoms with van der Waals surface area (Å²) >= 11 is 1.90. The number of carbonyl (C=O) groups is 2. The highest BCUT2D eigenvalue weighted by Crippen LogP contribution is 2.33. The number of thioether (sulfide) groups is 1. The molecule has 13 nitrogen and oxygen atoms in total. The third-order valence-electron chi connectivity index (χ3n) is 6.14. The number of nitrogens with two attached hydrogens (primary N) is 1. The van der Waals surface area contributed by atoms with Gasteiger partial charge in [-0.15, -0.1) is 0 Å². The minimum Gasteiger partial charge on any atom is -0.378 e. The van der Waals surface area contributed by atoms with Crippen LogP contribution in [0.4, 0.5) is 4.79 Å². The Bertz CT molecular complexity index is 653. The molecule has 0 aliphatic carbocycles. The molecular formula is C26H50N4O9S. The molecule has 3 amide bonds. The van der Waals surface area contributed by atoms with E-state index in [4.69, 9.17) is 38.9 Å². The van der Waals surface area contributed by atoms with Gasteiger partial charge in [-0.3, -0.25) is 4.79 Å². The van der Waals surface area contributed by atoms with Crippen LogP contribution in [0.2, 0.25) is 0 Å². The number of amides is 3. The van der Waals surface area contributed by atoms with Crippen LogP contribution in [-0.2, 0) is 38.0 Å². The highest BCUT2D eigenvalue weighted by atomic mass is 32.2. The summed E-state index contributed by atoms with van der Waals surface area (Å²) in [5, 5.41) is 9.28. The van der Waals surface area contributed by atoms with Crippen molar-refractivity contribution in [3.05, 3.63) is 0 Å². The predicted octanol–water partition coefficient (Wildman–Crippen LogP) is -0.0967. The Kier molecular flexibility index (Phi) is 21.3. The number of urea groups is 1. The molecule has 2 saturated heterocycles. The van der Waals surface area contributed by atoms with Crippen molar-refractivity contribution >= 4 is 23.7 Å². The van der Waals surface area contributed by atoms with Gasteiger partial charge >= 0.3 is 6.03 Å². The molecule has 5 N–H and O–H groups in total. The summed E-state index contributed by atoms with van der Waals surface area (Å²) in [5.74, 6) is 1.01. The molecule has 0 saturated carbocycles. The molecule has 3 atom stereocenters. The van der Waals surface area contributed by atoms with E-state index in [0.717, 1.165) is 25.0 Å². The average Bonchev–Trinajstić information content (AvgIpc) is 3.50. The number of hydrogen-bond donors (Lipinski definition) is 4. The fraction of sp³-hybridized carbons (Fsp3) is 0.923. The van der Waals surface area contributed by atoms with Crippen molar-refractivity contribution in [1.29, 1.82) is 0 Å². The second-order valence-corrected chi connectivity index (χ2v) is 10.6. The number of carbonyl (C=O) groups excluding carboxylic acids is 2. The first-order valence-electron chi connectivity index (χ1n) is 14.4. The van der Waals surface area contributed by atoms with Gasteiger partial charge in [0, 0.05) is 30.5 Å². The molecule has 2 aliphatic rings. The zero-order valence-corrected chi connectivity index (χ0v) is 24.6. The second kappa shape index (κ2) is 24.4. The number of nitrogens with one attached hydrogen (secondary N) is 3. The summed E-state index contributed by atoms with van der Waals surface area (Å²) in [6, 6.07) is 0.423. The molecule has 2 aliphatic heterocycles. The van der Waals surface area contributed by atoms with Crippen molar-refractivity contribution in [2.75, 3.05) is 111 Å². The number of unbranched alkanes of at least 4 members (excludes halogenated alkanes) is 1. The Morgan fingerprint density at radius 2 is 1.25 bits per heavy atom. The van der Waals surface area contributed by atoms with Crippen LogP contribution in [0.25, 0.3) is 0 Å². The van der Waals surface area contributed by atoms with Crippen molar-refractivity contribution < 1.29 is 42.7 Å². The van der Waals surface area contributed by atoms with Crippen molar-refractivity contribution in [3.8, 4) is 0 Å². The summed E-state index contributed by atoms with van der Waals surface area (Å²) in [7, 11) is 0.